The van der Waals surface area contributed by atoms with Crippen LogP contribution in [0.3, 0.4) is 0 Å². The Morgan fingerprint density at radius 2 is 0.794 bits per heavy atom. The number of hydrogen-bond donors (Lipinski definition) is 0. The number of carbonyl (C=O) groups is 2. The summed E-state index contributed by atoms with van der Waals surface area (Å²) in [5.74, 6) is 0.780. The zero-order chi connectivity index (χ0) is 44.6. The molecule has 0 aromatic heterocycles. The fourth-order valence-electron chi connectivity index (χ4n) is 6.90. The van der Waals surface area contributed by atoms with Gasteiger partial charge in [-0.1, -0.05) is 127 Å². The number of benzene rings is 2. The topological polar surface area (TPSA) is 108 Å². The summed E-state index contributed by atoms with van der Waals surface area (Å²) in [6.07, 6.45) is 7.14. The summed E-state index contributed by atoms with van der Waals surface area (Å²) in [5, 5.41) is 0. The molecule has 0 fully saturated rings. The maximum absolute atomic E-state index is 12.2. The molecule has 0 bridgehead atoms. The predicted molar refractivity (Wildman–Crippen MR) is 279 cm³/mol. The van der Waals surface area contributed by atoms with E-state index >= 15 is 0 Å². The van der Waals surface area contributed by atoms with Gasteiger partial charge in [0, 0.05) is 19.1 Å². The van der Waals surface area contributed by atoms with Crippen LogP contribution in [-0.2, 0) is 32.6 Å². The van der Waals surface area contributed by atoms with Gasteiger partial charge in [-0.3, -0.25) is 0 Å². The van der Waals surface area contributed by atoms with Crippen LogP contribution in [0.1, 0.15) is 120 Å². The molecule has 63 heavy (non-hydrogen) atoms. The molecule has 0 spiro atoms. The quantitative estimate of drug-likeness (QED) is 0.0372. The lowest BCUT2D eigenvalue weighted by atomic mass is 9.78. The van der Waals surface area contributed by atoms with E-state index in [1.165, 1.54) is 63.8 Å². The van der Waals surface area contributed by atoms with E-state index in [-0.39, 0.29) is 48.3 Å². The normalized spacial score (nSPS) is 11.6. The lowest BCUT2D eigenvalue weighted by molar-refractivity contribution is 0.0521. The minimum atomic E-state index is -1.71. The molecule has 0 N–H and O–H groups in total. The van der Waals surface area contributed by atoms with E-state index in [0.717, 1.165) is 23.6 Å². The van der Waals surface area contributed by atoms with E-state index in [0.29, 0.717) is 31.3 Å². The molecule has 0 heterocycles. The average Bonchev–Trinajstić information content (AvgIpc) is 3.15. The van der Waals surface area contributed by atoms with Crippen LogP contribution in [0.15, 0.2) is 48.5 Å². The second kappa shape index (κ2) is 34.1. The second-order valence-electron chi connectivity index (χ2n) is 18.3. The Hall–Kier alpha value is -2.31. The molecule has 370 valence electrons. The van der Waals surface area contributed by atoms with Crippen LogP contribution >= 0.6 is 0 Å². The van der Waals surface area contributed by atoms with Gasteiger partial charge in [-0.2, -0.15) is 0 Å². The minimum absolute atomic E-state index is 0. The number of methoxy groups -OCH3 is 1. The second-order valence-corrected chi connectivity index (χ2v) is 36.0. The molecule has 2 aromatic carbocycles. The van der Waals surface area contributed by atoms with E-state index in [9.17, 15) is 9.59 Å². The van der Waals surface area contributed by atoms with E-state index in [1.807, 2.05) is 24.3 Å². The van der Waals surface area contributed by atoms with Gasteiger partial charge >= 0.3 is 12.3 Å². The van der Waals surface area contributed by atoms with Crippen molar-refractivity contribution >= 4 is 45.6 Å². The number of unbranched alkanes of at least 4 members (excludes halogenated alkanes) is 3. The van der Waals surface area contributed by atoms with Crippen LogP contribution in [0.4, 0.5) is 9.59 Å². The van der Waals surface area contributed by atoms with Gasteiger partial charge in [-0.05, 0) is 118 Å². The number of rotatable bonds is 27. The Morgan fingerprint density at radius 1 is 0.476 bits per heavy atom. The van der Waals surface area contributed by atoms with Crippen molar-refractivity contribution in [3.05, 3.63) is 59.7 Å². The van der Waals surface area contributed by atoms with Gasteiger partial charge in [0.25, 0.3) is 0 Å². The van der Waals surface area contributed by atoms with Crippen LogP contribution in [0, 0.1) is 0 Å². The molecule has 0 aliphatic rings. The summed E-state index contributed by atoms with van der Waals surface area (Å²) >= 11 is 0. The Balaban J connectivity index is -0.000000785. The SMILES string of the molecule is C.C.C.C.CCCC[Si](C)(C)O[Si](C)(C)CCCC.CCCC[Si](C)(C)O[Si](C)(C)CCCOCCOC(=O)Oc1ccc(C(C)(C)c2ccc(OC(=O)OCCOC)cc2)cc1. The third kappa shape index (κ3) is 30.5. The van der Waals surface area contributed by atoms with Crippen LogP contribution in [-0.4, -0.2) is 85.7 Å². The van der Waals surface area contributed by atoms with Crippen molar-refractivity contribution in [2.45, 2.75) is 191 Å². The maximum Gasteiger partial charge on any atom is 0.513 e. The fraction of sp³-hybridized carbons (Fsp3) is 0.714. The molecule has 0 radical (unpaired) electrons. The maximum atomic E-state index is 12.2. The van der Waals surface area contributed by atoms with Crippen LogP contribution in [0.2, 0.25) is 76.6 Å². The summed E-state index contributed by atoms with van der Waals surface area (Å²) in [6.45, 7) is 31.2. The van der Waals surface area contributed by atoms with Crippen molar-refractivity contribution in [3.8, 4) is 11.5 Å². The van der Waals surface area contributed by atoms with Crippen molar-refractivity contribution < 1.29 is 46.2 Å². The third-order valence-electron chi connectivity index (χ3n) is 10.1. The van der Waals surface area contributed by atoms with Crippen LogP contribution in [0.25, 0.3) is 0 Å². The van der Waals surface area contributed by atoms with Gasteiger partial charge < -0.3 is 36.7 Å². The number of hydrogen-bond acceptors (Lipinski definition) is 10. The Bertz CT molecular complexity index is 1430. The Labute approximate surface area is 392 Å². The number of carbonyl (C=O) groups excluding carboxylic acids is 2. The molecule has 14 heteroatoms. The van der Waals surface area contributed by atoms with E-state index in [2.05, 4.69) is 87.0 Å². The molecule has 2 aromatic rings. The predicted octanol–water partition coefficient (Wildman–Crippen LogP) is 15.9. The van der Waals surface area contributed by atoms with Gasteiger partial charge in [0.15, 0.2) is 33.3 Å². The zero-order valence-corrected chi connectivity index (χ0v) is 43.5. The van der Waals surface area contributed by atoms with Crippen molar-refractivity contribution in [2.75, 3.05) is 40.1 Å². The fourth-order valence-corrected chi connectivity index (χ4v) is 25.1. The molecule has 10 nitrogen and oxygen atoms in total. The van der Waals surface area contributed by atoms with E-state index in [4.69, 9.17) is 36.7 Å². The molecule has 0 aliphatic carbocycles. The smallest absolute Gasteiger partial charge is 0.455 e. The monoisotopic (exact) mass is 959 g/mol. The first-order chi connectivity index (χ1) is 27.6. The van der Waals surface area contributed by atoms with Crippen molar-refractivity contribution in [1.29, 1.82) is 0 Å². The molecule has 0 aliphatic heterocycles. The van der Waals surface area contributed by atoms with Crippen LogP contribution in [0.5, 0.6) is 11.5 Å². The third-order valence-corrected chi connectivity index (χ3v) is 25.2. The van der Waals surface area contributed by atoms with Crippen molar-refractivity contribution in [3.63, 3.8) is 0 Å². The Morgan fingerprint density at radius 3 is 1.11 bits per heavy atom. The lowest BCUT2D eigenvalue weighted by Gasteiger charge is -2.34. The first-order valence-corrected chi connectivity index (χ1v) is 34.4. The molecular weight excluding hydrogens is 861 g/mol. The molecule has 0 amide bonds. The molecule has 0 atom stereocenters. The first kappa shape index (κ1) is 67.3. The minimum Gasteiger partial charge on any atom is -0.455 e. The molecule has 2 rings (SSSR count). The van der Waals surface area contributed by atoms with Crippen molar-refractivity contribution in [2.24, 2.45) is 0 Å². The zero-order valence-electron chi connectivity index (χ0n) is 39.5. The molecule has 0 saturated carbocycles. The summed E-state index contributed by atoms with van der Waals surface area (Å²) in [6, 6.07) is 19.5. The first-order valence-electron chi connectivity index (χ1n) is 22.0. The molecular formula is C49H98O10Si4. The number of ether oxygens (including phenoxy) is 6. The molecule has 0 saturated heterocycles. The summed E-state index contributed by atoms with van der Waals surface area (Å²) in [4.78, 5) is 23.9. The summed E-state index contributed by atoms with van der Waals surface area (Å²) < 4.78 is 44.3. The van der Waals surface area contributed by atoms with E-state index < -0.39 is 45.6 Å². The van der Waals surface area contributed by atoms with Gasteiger partial charge in [0.2, 0.25) is 0 Å². The standard InChI is InChI=1S/C33H52O9Si2.C12H30OSi2.4CH4/c1-9-10-25-43(5,6)42-44(7,8)26-11-20-37-22-24-39-32(35)41-30-18-14-28(15-19-30)33(2,3)27-12-16-29(17-13-27)40-31(34)38-23-21-36-4;1-7-9-11-14(3,4)13-15(5,6)12-10-8-2;;;;/h12-19H,9-11,20-26H2,1-8H3;7-12H2,1-6H3;4*1H4. The largest absolute Gasteiger partial charge is 0.513 e. The van der Waals surface area contributed by atoms with Crippen molar-refractivity contribution in [1.82, 2.24) is 0 Å². The highest BCUT2D eigenvalue weighted by atomic mass is 28.4. The molecule has 0 unspecified atom stereocenters. The summed E-state index contributed by atoms with van der Waals surface area (Å²) in [5.41, 5.74) is 1.68. The van der Waals surface area contributed by atoms with Gasteiger partial charge in [-0.15, -0.1) is 0 Å². The highest BCUT2D eigenvalue weighted by molar-refractivity contribution is 6.85. The Kier molecular flexibility index (Phi) is 36.4. The highest BCUT2D eigenvalue weighted by Crippen LogP contribution is 2.34. The van der Waals surface area contributed by atoms with Gasteiger partial charge in [0.05, 0.1) is 13.2 Å². The van der Waals surface area contributed by atoms with Gasteiger partial charge in [0.1, 0.15) is 24.7 Å². The average molecular weight is 960 g/mol. The highest BCUT2D eigenvalue weighted by Gasteiger charge is 2.33. The van der Waals surface area contributed by atoms with Crippen LogP contribution < -0.4 is 9.47 Å². The van der Waals surface area contributed by atoms with Gasteiger partial charge in [-0.25, -0.2) is 9.59 Å². The van der Waals surface area contributed by atoms with E-state index in [1.54, 1.807) is 24.3 Å². The lowest BCUT2D eigenvalue weighted by Crippen LogP contribution is -2.44. The summed E-state index contributed by atoms with van der Waals surface area (Å²) in [7, 11) is -4.48.